The molecule has 0 radical (unpaired) electrons. The number of carbonyl (C=O) groups excluding carboxylic acids is 1. The number of hydrogen-bond acceptors (Lipinski definition) is 6. The van der Waals surface area contributed by atoms with E-state index in [4.69, 9.17) is 20.9 Å². The maximum Gasteiger partial charge on any atom is 0.260 e. The summed E-state index contributed by atoms with van der Waals surface area (Å²) in [4.78, 5) is 21.1. The molecule has 1 atom stereocenters. The molecule has 3 aromatic rings. The molecule has 0 bridgehead atoms. The molecule has 8 heteroatoms. The summed E-state index contributed by atoms with van der Waals surface area (Å²) in [6, 6.07) is 16.9. The third-order valence-corrected chi connectivity index (χ3v) is 5.55. The van der Waals surface area contributed by atoms with Crippen LogP contribution in [0.15, 0.2) is 59.1 Å². The highest BCUT2D eigenvalue weighted by molar-refractivity contribution is 6.32. The Labute approximate surface area is 180 Å². The van der Waals surface area contributed by atoms with Crippen LogP contribution in [0.2, 0.25) is 5.02 Å². The third-order valence-electron chi connectivity index (χ3n) is 5.23. The molecule has 30 heavy (non-hydrogen) atoms. The van der Waals surface area contributed by atoms with Gasteiger partial charge in [-0.3, -0.25) is 9.69 Å². The molecule has 2 heterocycles. The zero-order valence-electron chi connectivity index (χ0n) is 16.7. The minimum Gasteiger partial charge on any atom is -0.482 e. The van der Waals surface area contributed by atoms with Gasteiger partial charge < -0.3 is 14.2 Å². The van der Waals surface area contributed by atoms with Gasteiger partial charge in [0.2, 0.25) is 11.7 Å². The van der Waals surface area contributed by atoms with E-state index < -0.39 is 0 Å². The van der Waals surface area contributed by atoms with Crippen LogP contribution in [0.4, 0.5) is 0 Å². The largest absolute Gasteiger partial charge is 0.482 e. The van der Waals surface area contributed by atoms with Crippen LogP contribution in [-0.2, 0) is 4.79 Å². The number of benzene rings is 2. The number of hydrogen-bond donors (Lipinski definition) is 0. The van der Waals surface area contributed by atoms with E-state index >= 15 is 0 Å². The molecule has 0 N–H and O–H groups in total. The van der Waals surface area contributed by atoms with E-state index in [0.29, 0.717) is 35.6 Å². The predicted octanol–water partition coefficient (Wildman–Crippen LogP) is 3.67. The maximum atomic E-state index is 12.5. The van der Waals surface area contributed by atoms with Crippen molar-refractivity contribution in [1.29, 1.82) is 0 Å². The van der Waals surface area contributed by atoms with Crippen molar-refractivity contribution in [1.82, 2.24) is 19.9 Å². The molecule has 7 nitrogen and oxygen atoms in total. The fraction of sp³-hybridized carbons (Fsp3) is 0.318. The Morgan fingerprint density at radius 1 is 1.10 bits per heavy atom. The van der Waals surface area contributed by atoms with Crippen LogP contribution < -0.4 is 4.74 Å². The van der Waals surface area contributed by atoms with Crippen molar-refractivity contribution in [2.24, 2.45) is 0 Å². The summed E-state index contributed by atoms with van der Waals surface area (Å²) in [6.45, 7) is 4.71. The average Bonchev–Trinajstić information content (AvgIpc) is 3.29. The third kappa shape index (κ3) is 4.63. The molecule has 0 aliphatic carbocycles. The summed E-state index contributed by atoms with van der Waals surface area (Å²) in [7, 11) is 0. The molecule has 1 aliphatic rings. The molecule has 1 aromatic heterocycles. The summed E-state index contributed by atoms with van der Waals surface area (Å²) in [5, 5.41) is 4.60. The number of aromatic nitrogens is 2. The van der Waals surface area contributed by atoms with Crippen LogP contribution in [0.3, 0.4) is 0 Å². The zero-order chi connectivity index (χ0) is 20.9. The number of piperazine rings is 1. The molecule has 1 amide bonds. The van der Waals surface area contributed by atoms with Crippen LogP contribution in [0.5, 0.6) is 5.75 Å². The summed E-state index contributed by atoms with van der Waals surface area (Å²) in [6.07, 6.45) is 0. The van der Waals surface area contributed by atoms with Gasteiger partial charge in [-0.25, -0.2) is 0 Å². The highest BCUT2D eigenvalue weighted by atomic mass is 35.5. The first-order chi connectivity index (χ1) is 14.6. The van der Waals surface area contributed by atoms with Gasteiger partial charge in [0.25, 0.3) is 5.91 Å². The first-order valence-electron chi connectivity index (χ1n) is 9.90. The van der Waals surface area contributed by atoms with Crippen molar-refractivity contribution in [3.05, 3.63) is 65.5 Å². The van der Waals surface area contributed by atoms with Gasteiger partial charge in [-0.05, 0) is 19.1 Å². The standard InChI is InChI=1S/C22H23ClN4O3/c1-16(22-24-21(25-30-22)17-7-3-2-4-8-17)26-11-13-27(14-12-26)20(28)15-29-19-10-6-5-9-18(19)23/h2-10,16H,11-15H2,1H3/t16-/m1/s1. The highest BCUT2D eigenvalue weighted by Gasteiger charge is 2.28. The van der Waals surface area contributed by atoms with E-state index in [2.05, 4.69) is 15.0 Å². The molecular formula is C22H23ClN4O3. The van der Waals surface area contributed by atoms with E-state index in [1.54, 1.807) is 12.1 Å². The van der Waals surface area contributed by atoms with Crippen LogP contribution >= 0.6 is 11.6 Å². The fourth-order valence-electron chi connectivity index (χ4n) is 3.42. The van der Waals surface area contributed by atoms with E-state index in [1.807, 2.05) is 54.3 Å². The Morgan fingerprint density at radius 3 is 2.53 bits per heavy atom. The number of halogens is 1. The van der Waals surface area contributed by atoms with Gasteiger partial charge in [-0.2, -0.15) is 4.98 Å². The van der Waals surface area contributed by atoms with Crippen molar-refractivity contribution in [2.75, 3.05) is 32.8 Å². The van der Waals surface area contributed by atoms with E-state index in [0.717, 1.165) is 18.7 Å². The smallest absolute Gasteiger partial charge is 0.260 e. The second kappa shape index (κ2) is 9.28. The number of carbonyl (C=O) groups is 1. The lowest BCUT2D eigenvalue weighted by molar-refractivity contribution is -0.135. The van der Waals surface area contributed by atoms with Crippen LogP contribution in [0, 0.1) is 0 Å². The molecule has 0 spiro atoms. The van der Waals surface area contributed by atoms with Crippen molar-refractivity contribution >= 4 is 17.5 Å². The summed E-state index contributed by atoms with van der Waals surface area (Å²) < 4.78 is 11.1. The minimum absolute atomic E-state index is 0.0217. The first-order valence-corrected chi connectivity index (χ1v) is 10.3. The summed E-state index contributed by atoms with van der Waals surface area (Å²) in [5.41, 5.74) is 0.925. The normalized spacial score (nSPS) is 15.7. The molecule has 2 aromatic carbocycles. The topological polar surface area (TPSA) is 71.7 Å². The van der Waals surface area contributed by atoms with Crippen molar-refractivity contribution < 1.29 is 14.1 Å². The van der Waals surface area contributed by atoms with Crippen molar-refractivity contribution in [3.8, 4) is 17.1 Å². The van der Waals surface area contributed by atoms with E-state index in [1.165, 1.54) is 0 Å². The van der Waals surface area contributed by atoms with E-state index in [9.17, 15) is 4.79 Å². The molecule has 1 aliphatic heterocycles. The van der Waals surface area contributed by atoms with Gasteiger partial charge in [0.15, 0.2) is 6.61 Å². The Hall–Kier alpha value is -2.90. The molecule has 0 saturated carbocycles. The van der Waals surface area contributed by atoms with Gasteiger partial charge in [-0.15, -0.1) is 0 Å². The Morgan fingerprint density at radius 2 is 1.80 bits per heavy atom. The van der Waals surface area contributed by atoms with Crippen LogP contribution in [-0.4, -0.2) is 58.6 Å². The lowest BCUT2D eigenvalue weighted by atomic mass is 10.2. The van der Waals surface area contributed by atoms with Gasteiger partial charge in [-0.1, -0.05) is 59.2 Å². The van der Waals surface area contributed by atoms with Crippen molar-refractivity contribution in [2.45, 2.75) is 13.0 Å². The zero-order valence-corrected chi connectivity index (χ0v) is 17.5. The molecule has 4 rings (SSSR count). The van der Waals surface area contributed by atoms with Crippen LogP contribution in [0.25, 0.3) is 11.4 Å². The Balaban J connectivity index is 1.29. The SMILES string of the molecule is C[C@H](c1nc(-c2ccccc2)no1)N1CCN(C(=O)COc2ccccc2Cl)CC1. The predicted molar refractivity (Wildman–Crippen MR) is 113 cm³/mol. The minimum atomic E-state index is -0.0497. The van der Waals surface area contributed by atoms with Crippen LogP contribution in [0.1, 0.15) is 18.9 Å². The van der Waals surface area contributed by atoms with Crippen molar-refractivity contribution in [3.63, 3.8) is 0 Å². The number of para-hydroxylation sites is 1. The lowest BCUT2D eigenvalue weighted by Gasteiger charge is -2.36. The second-order valence-electron chi connectivity index (χ2n) is 7.13. The monoisotopic (exact) mass is 426 g/mol. The first kappa shape index (κ1) is 20.4. The maximum absolute atomic E-state index is 12.5. The molecule has 0 unspecified atom stereocenters. The Kier molecular flexibility index (Phi) is 6.30. The number of amides is 1. The fourth-order valence-corrected chi connectivity index (χ4v) is 3.61. The van der Waals surface area contributed by atoms with Gasteiger partial charge >= 0.3 is 0 Å². The number of nitrogens with zero attached hydrogens (tertiary/aromatic N) is 4. The summed E-state index contributed by atoms with van der Waals surface area (Å²) >= 11 is 6.07. The molecule has 1 fully saturated rings. The van der Waals surface area contributed by atoms with Gasteiger partial charge in [0.1, 0.15) is 5.75 Å². The molecular weight excluding hydrogens is 404 g/mol. The van der Waals surface area contributed by atoms with E-state index in [-0.39, 0.29) is 18.6 Å². The number of ether oxygens (including phenoxy) is 1. The molecule has 156 valence electrons. The number of rotatable bonds is 6. The highest BCUT2D eigenvalue weighted by Crippen LogP contribution is 2.24. The Bertz CT molecular complexity index is 987. The quantitative estimate of drug-likeness (QED) is 0.598. The second-order valence-corrected chi connectivity index (χ2v) is 7.54. The van der Waals surface area contributed by atoms with Gasteiger partial charge in [0.05, 0.1) is 11.1 Å². The average molecular weight is 427 g/mol. The van der Waals surface area contributed by atoms with Gasteiger partial charge in [0, 0.05) is 31.7 Å². The summed E-state index contributed by atoms with van der Waals surface area (Å²) in [5.74, 6) is 1.63. The lowest BCUT2D eigenvalue weighted by Crippen LogP contribution is -2.50. The molecule has 1 saturated heterocycles.